The number of nitrogens with zero attached hydrogens (tertiary/aromatic N) is 7. The summed E-state index contributed by atoms with van der Waals surface area (Å²) in [5.41, 5.74) is 9.63. The van der Waals surface area contributed by atoms with E-state index in [1.807, 2.05) is 11.1 Å². The number of imidazole rings is 1. The second-order valence-corrected chi connectivity index (χ2v) is 8.53. The molecule has 34 heavy (non-hydrogen) atoms. The summed E-state index contributed by atoms with van der Waals surface area (Å²) in [4.78, 5) is 29.6. The number of pyridine rings is 1. The smallest absolute Gasteiger partial charge is 0.336 e. The highest BCUT2D eigenvalue weighted by atomic mass is 16.5. The van der Waals surface area contributed by atoms with Crippen molar-refractivity contribution in [2.45, 2.75) is 33.1 Å². The monoisotopic (exact) mass is 467 g/mol. The SMILES string of the molecule is CCCCOc1nc(N)c2ncc(Cc3cnc(N4CCN(C(=O)CNC)CC4)c(C)c3)n2n1. The first-order valence-corrected chi connectivity index (χ1v) is 11.8. The van der Waals surface area contributed by atoms with Crippen LogP contribution in [-0.2, 0) is 11.2 Å². The molecule has 0 aromatic carbocycles. The van der Waals surface area contributed by atoms with Gasteiger partial charge in [-0.25, -0.2) is 14.5 Å². The summed E-state index contributed by atoms with van der Waals surface area (Å²) >= 11 is 0. The number of amides is 1. The van der Waals surface area contributed by atoms with Crippen LogP contribution in [-0.4, -0.2) is 81.8 Å². The minimum Gasteiger partial charge on any atom is -0.462 e. The Labute approximate surface area is 199 Å². The van der Waals surface area contributed by atoms with E-state index < -0.39 is 0 Å². The van der Waals surface area contributed by atoms with Crippen LogP contribution in [0.3, 0.4) is 0 Å². The minimum atomic E-state index is 0.138. The maximum absolute atomic E-state index is 12.1. The standard InChI is InChI=1S/C23H33N9O2/c1-4-5-10-34-23-28-20(24)22-27-14-18(32(22)29-23)12-17-11-16(2)21(26-13-17)31-8-6-30(7-9-31)19(33)15-25-3/h11,13-14,25H,4-10,12,15H2,1-3H3,(H2,24,28,29). The van der Waals surface area contributed by atoms with Gasteiger partial charge in [0.2, 0.25) is 5.91 Å². The molecule has 3 aromatic heterocycles. The number of aryl methyl sites for hydroxylation is 1. The van der Waals surface area contributed by atoms with Crippen LogP contribution < -0.4 is 20.7 Å². The number of unbranched alkanes of at least 4 members (excludes halogenated alkanes) is 1. The highest BCUT2D eigenvalue weighted by Crippen LogP contribution is 2.22. The van der Waals surface area contributed by atoms with Gasteiger partial charge in [0.05, 0.1) is 25.0 Å². The lowest BCUT2D eigenvalue weighted by molar-refractivity contribution is -0.130. The first kappa shape index (κ1) is 23.7. The number of hydrogen-bond acceptors (Lipinski definition) is 9. The van der Waals surface area contributed by atoms with E-state index in [0.717, 1.165) is 48.6 Å². The molecule has 3 aromatic rings. The molecule has 1 amide bonds. The van der Waals surface area contributed by atoms with Crippen molar-refractivity contribution in [2.75, 3.05) is 57.0 Å². The van der Waals surface area contributed by atoms with Crippen LogP contribution in [0, 0.1) is 6.92 Å². The second kappa shape index (κ2) is 10.6. The molecule has 1 aliphatic rings. The van der Waals surface area contributed by atoms with Crippen LogP contribution in [0.4, 0.5) is 11.6 Å². The van der Waals surface area contributed by atoms with Gasteiger partial charge >= 0.3 is 6.01 Å². The van der Waals surface area contributed by atoms with Crippen molar-refractivity contribution in [2.24, 2.45) is 0 Å². The van der Waals surface area contributed by atoms with E-state index in [1.54, 1.807) is 17.8 Å². The van der Waals surface area contributed by atoms with Crippen molar-refractivity contribution >= 4 is 23.2 Å². The quantitative estimate of drug-likeness (QED) is 0.444. The van der Waals surface area contributed by atoms with Gasteiger partial charge < -0.3 is 25.6 Å². The highest BCUT2D eigenvalue weighted by Gasteiger charge is 2.22. The second-order valence-electron chi connectivity index (χ2n) is 8.53. The molecule has 1 saturated heterocycles. The number of aromatic nitrogens is 5. The number of nitrogen functional groups attached to an aromatic ring is 1. The van der Waals surface area contributed by atoms with Gasteiger partial charge in [0.1, 0.15) is 5.82 Å². The van der Waals surface area contributed by atoms with E-state index in [1.165, 1.54) is 0 Å². The normalized spacial score (nSPS) is 14.1. The number of ether oxygens (including phenoxy) is 1. The Kier molecular flexibility index (Phi) is 7.41. The van der Waals surface area contributed by atoms with Crippen LogP contribution in [0.25, 0.3) is 5.65 Å². The molecule has 1 aliphatic heterocycles. The summed E-state index contributed by atoms with van der Waals surface area (Å²) in [6.07, 6.45) is 6.22. The van der Waals surface area contributed by atoms with Gasteiger partial charge in [-0.05, 0) is 31.5 Å². The third-order valence-electron chi connectivity index (χ3n) is 5.92. The largest absolute Gasteiger partial charge is 0.462 e. The zero-order valence-corrected chi connectivity index (χ0v) is 20.1. The Bertz CT molecular complexity index is 1140. The molecule has 0 unspecified atom stereocenters. The molecule has 11 heteroatoms. The minimum absolute atomic E-state index is 0.138. The third-order valence-corrected chi connectivity index (χ3v) is 5.92. The number of carbonyl (C=O) groups excluding carboxylic acids is 1. The van der Waals surface area contributed by atoms with Gasteiger partial charge in [-0.1, -0.05) is 19.4 Å². The Morgan fingerprint density at radius 2 is 2.00 bits per heavy atom. The molecule has 0 atom stereocenters. The number of fused-ring (bicyclic) bond motifs is 1. The van der Waals surface area contributed by atoms with Crippen molar-refractivity contribution in [3.8, 4) is 6.01 Å². The van der Waals surface area contributed by atoms with Crippen molar-refractivity contribution in [1.82, 2.24) is 34.8 Å². The van der Waals surface area contributed by atoms with Gasteiger partial charge in [0.15, 0.2) is 11.5 Å². The highest BCUT2D eigenvalue weighted by molar-refractivity contribution is 5.78. The van der Waals surface area contributed by atoms with Crippen molar-refractivity contribution in [1.29, 1.82) is 0 Å². The van der Waals surface area contributed by atoms with Crippen LogP contribution in [0.2, 0.25) is 0 Å². The molecule has 0 radical (unpaired) electrons. The van der Waals surface area contributed by atoms with E-state index >= 15 is 0 Å². The van der Waals surface area contributed by atoms with E-state index in [-0.39, 0.29) is 11.9 Å². The van der Waals surface area contributed by atoms with E-state index in [0.29, 0.717) is 44.1 Å². The van der Waals surface area contributed by atoms with Crippen molar-refractivity contribution in [3.63, 3.8) is 0 Å². The van der Waals surface area contributed by atoms with Crippen molar-refractivity contribution < 1.29 is 9.53 Å². The van der Waals surface area contributed by atoms with Gasteiger partial charge in [0.25, 0.3) is 0 Å². The molecular weight excluding hydrogens is 434 g/mol. The molecule has 3 N–H and O–H groups in total. The van der Waals surface area contributed by atoms with Gasteiger partial charge in [-0.2, -0.15) is 4.98 Å². The van der Waals surface area contributed by atoms with Gasteiger partial charge in [0, 0.05) is 38.8 Å². The lowest BCUT2D eigenvalue weighted by Gasteiger charge is -2.36. The summed E-state index contributed by atoms with van der Waals surface area (Å²) in [5.74, 6) is 1.39. The van der Waals surface area contributed by atoms with Crippen LogP contribution in [0.5, 0.6) is 6.01 Å². The predicted octanol–water partition coefficient (Wildman–Crippen LogP) is 1.05. The molecule has 0 saturated carbocycles. The van der Waals surface area contributed by atoms with Gasteiger partial charge in [-0.15, -0.1) is 5.10 Å². The van der Waals surface area contributed by atoms with Crippen LogP contribution >= 0.6 is 0 Å². The lowest BCUT2D eigenvalue weighted by atomic mass is 10.1. The molecule has 0 aliphatic carbocycles. The van der Waals surface area contributed by atoms with E-state index in [9.17, 15) is 4.79 Å². The molecule has 0 bridgehead atoms. The average molecular weight is 468 g/mol. The fourth-order valence-electron chi connectivity index (χ4n) is 4.11. The molecule has 0 spiro atoms. The van der Waals surface area contributed by atoms with Crippen molar-refractivity contribution in [3.05, 3.63) is 35.3 Å². The Morgan fingerprint density at radius 1 is 1.21 bits per heavy atom. The number of nitrogens with two attached hydrogens (primary N) is 1. The average Bonchev–Trinajstić information content (AvgIpc) is 3.23. The zero-order chi connectivity index (χ0) is 24.1. The maximum atomic E-state index is 12.1. The maximum Gasteiger partial charge on any atom is 0.336 e. The third kappa shape index (κ3) is 5.19. The molecule has 182 valence electrons. The molecule has 11 nitrogen and oxygen atoms in total. The Morgan fingerprint density at radius 3 is 2.71 bits per heavy atom. The predicted molar refractivity (Wildman–Crippen MR) is 130 cm³/mol. The van der Waals surface area contributed by atoms with Crippen LogP contribution in [0.15, 0.2) is 18.5 Å². The zero-order valence-electron chi connectivity index (χ0n) is 20.1. The summed E-state index contributed by atoms with van der Waals surface area (Å²) in [5, 5.41) is 7.41. The van der Waals surface area contributed by atoms with Gasteiger partial charge in [-0.3, -0.25) is 4.79 Å². The number of piperazine rings is 1. The number of rotatable bonds is 9. The Hall–Kier alpha value is -3.47. The number of carbonyl (C=O) groups is 1. The summed E-state index contributed by atoms with van der Waals surface area (Å²) in [6, 6.07) is 2.40. The molecular formula is C23H33N9O2. The Balaban J connectivity index is 1.46. The first-order valence-electron chi connectivity index (χ1n) is 11.8. The fraction of sp³-hybridized carbons (Fsp3) is 0.522. The number of anilines is 2. The summed E-state index contributed by atoms with van der Waals surface area (Å²) < 4.78 is 7.35. The molecule has 4 rings (SSSR count). The first-order chi connectivity index (χ1) is 16.5. The topological polar surface area (TPSA) is 127 Å². The van der Waals surface area contributed by atoms with E-state index in [2.05, 4.69) is 45.2 Å². The summed E-state index contributed by atoms with van der Waals surface area (Å²) in [6.45, 7) is 8.04. The number of hydrogen-bond donors (Lipinski definition) is 2. The van der Waals surface area contributed by atoms with Crippen LogP contribution in [0.1, 0.15) is 36.6 Å². The number of likely N-dealkylation sites (N-methyl/N-ethyl adjacent to an activating group) is 1. The number of nitrogens with one attached hydrogen (secondary N) is 1. The van der Waals surface area contributed by atoms with E-state index in [4.69, 9.17) is 15.5 Å². The fourth-order valence-corrected chi connectivity index (χ4v) is 4.11. The molecule has 1 fully saturated rings. The summed E-state index contributed by atoms with van der Waals surface area (Å²) in [7, 11) is 1.79. The lowest BCUT2D eigenvalue weighted by Crippen LogP contribution is -2.51. The molecule has 4 heterocycles.